The second-order valence-electron chi connectivity index (χ2n) is 8.72. The van der Waals surface area contributed by atoms with Crippen molar-refractivity contribution in [3.63, 3.8) is 0 Å². The van der Waals surface area contributed by atoms with Gasteiger partial charge in [0, 0.05) is 49.9 Å². The summed E-state index contributed by atoms with van der Waals surface area (Å²) in [5.41, 5.74) is 0.966. The van der Waals surface area contributed by atoms with Gasteiger partial charge in [-0.2, -0.15) is 0 Å². The molecule has 1 aliphatic carbocycles. The number of hydrogen-bond acceptors (Lipinski definition) is 6. The van der Waals surface area contributed by atoms with Crippen LogP contribution in [0, 0.1) is 10.1 Å². The summed E-state index contributed by atoms with van der Waals surface area (Å²) in [5.74, 6) is -0.232. The third-order valence-corrected chi connectivity index (χ3v) is 6.93. The molecule has 4 rings (SSSR count). The third kappa shape index (κ3) is 4.44. The number of ether oxygens (including phenoxy) is 1. The predicted octanol–water partition coefficient (Wildman–Crippen LogP) is 2.96. The fourth-order valence-corrected chi connectivity index (χ4v) is 5.24. The van der Waals surface area contributed by atoms with E-state index in [1.807, 2.05) is 4.90 Å². The van der Waals surface area contributed by atoms with E-state index in [0.29, 0.717) is 17.8 Å². The van der Waals surface area contributed by atoms with Crippen LogP contribution < -0.4 is 10.2 Å². The summed E-state index contributed by atoms with van der Waals surface area (Å²) >= 11 is 0. The number of hydrogen-bond donors (Lipinski definition) is 1. The Morgan fingerprint density at radius 1 is 1.07 bits per heavy atom. The van der Waals surface area contributed by atoms with Crippen LogP contribution in [0.25, 0.3) is 0 Å². The van der Waals surface area contributed by atoms with Gasteiger partial charge in [0.25, 0.3) is 11.6 Å². The van der Waals surface area contributed by atoms with Crippen LogP contribution in [0.5, 0.6) is 0 Å². The number of nitrogens with one attached hydrogen (secondary N) is 1. The molecule has 3 fully saturated rings. The zero-order chi connectivity index (χ0) is 21.0. The Labute approximate surface area is 177 Å². The first kappa shape index (κ1) is 21.1. The van der Waals surface area contributed by atoms with Crippen molar-refractivity contribution in [3.05, 3.63) is 33.9 Å². The molecule has 1 aromatic rings. The maximum Gasteiger partial charge on any atom is 0.293 e. The molecule has 30 heavy (non-hydrogen) atoms. The fourth-order valence-electron chi connectivity index (χ4n) is 5.24. The highest BCUT2D eigenvalue weighted by Crippen LogP contribution is 2.34. The molecule has 3 aliphatic rings. The molecule has 1 saturated carbocycles. The summed E-state index contributed by atoms with van der Waals surface area (Å²) in [7, 11) is 0. The van der Waals surface area contributed by atoms with Crippen LogP contribution in [-0.2, 0) is 4.74 Å². The normalized spacial score (nSPS) is 22.1. The van der Waals surface area contributed by atoms with Gasteiger partial charge in [0.15, 0.2) is 0 Å². The van der Waals surface area contributed by atoms with Gasteiger partial charge in [-0.15, -0.1) is 0 Å². The molecule has 164 valence electrons. The number of carbonyl (C=O) groups is 1. The lowest BCUT2D eigenvalue weighted by Crippen LogP contribution is -2.59. The fraction of sp³-hybridized carbons (Fsp3) is 0.682. The first-order valence-corrected chi connectivity index (χ1v) is 11.2. The Kier molecular flexibility index (Phi) is 6.53. The number of nitro groups is 1. The number of anilines is 1. The molecule has 8 heteroatoms. The van der Waals surface area contributed by atoms with Crippen LogP contribution in [0.4, 0.5) is 11.4 Å². The maximum absolute atomic E-state index is 12.9. The van der Waals surface area contributed by atoms with Crippen molar-refractivity contribution in [1.82, 2.24) is 10.2 Å². The van der Waals surface area contributed by atoms with Crippen LogP contribution in [0.2, 0.25) is 0 Å². The number of morpholine rings is 1. The second-order valence-corrected chi connectivity index (χ2v) is 8.72. The predicted molar refractivity (Wildman–Crippen MR) is 115 cm³/mol. The SMILES string of the molecule is O=C(NCC1(N2CCOCC2)CCCCC1)c1ccc(N2CCCC2)c([N+](=O)[O-])c1. The minimum absolute atomic E-state index is 0.0186. The highest BCUT2D eigenvalue weighted by atomic mass is 16.6. The minimum atomic E-state index is -0.374. The van der Waals surface area contributed by atoms with Gasteiger partial charge in [-0.3, -0.25) is 19.8 Å². The van der Waals surface area contributed by atoms with Gasteiger partial charge < -0.3 is 15.0 Å². The van der Waals surface area contributed by atoms with Crippen molar-refractivity contribution >= 4 is 17.3 Å². The topological polar surface area (TPSA) is 88.0 Å². The molecule has 0 aromatic heterocycles. The Bertz CT molecular complexity index is 766. The van der Waals surface area contributed by atoms with Gasteiger partial charge in [-0.25, -0.2) is 0 Å². The van der Waals surface area contributed by atoms with E-state index >= 15 is 0 Å². The van der Waals surface area contributed by atoms with E-state index in [2.05, 4.69) is 10.2 Å². The molecule has 0 atom stereocenters. The van der Waals surface area contributed by atoms with Gasteiger partial charge in [0.2, 0.25) is 0 Å². The minimum Gasteiger partial charge on any atom is -0.379 e. The standard InChI is InChI=1S/C22H32N4O4/c27-21(18-6-7-19(20(16-18)26(28)29)24-10-4-5-11-24)23-17-22(8-2-1-3-9-22)25-12-14-30-15-13-25/h6-7,16H,1-5,8-15,17H2,(H,23,27). The van der Waals surface area contributed by atoms with Crippen LogP contribution in [-0.4, -0.2) is 67.2 Å². The van der Waals surface area contributed by atoms with Gasteiger partial charge in [-0.1, -0.05) is 19.3 Å². The molecule has 0 unspecified atom stereocenters. The molecule has 2 saturated heterocycles. The summed E-state index contributed by atoms with van der Waals surface area (Å²) < 4.78 is 5.52. The molecule has 1 N–H and O–H groups in total. The molecular weight excluding hydrogens is 384 g/mol. The van der Waals surface area contributed by atoms with Crippen LogP contribution in [0.1, 0.15) is 55.3 Å². The van der Waals surface area contributed by atoms with Gasteiger partial charge >= 0.3 is 0 Å². The molecular formula is C22H32N4O4. The number of nitro benzene ring substituents is 1. The average molecular weight is 417 g/mol. The molecule has 0 radical (unpaired) electrons. The van der Waals surface area contributed by atoms with Crippen molar-refractivity contribution in [2.45, 2.75) is 50.5 Å². The van der Waals surface area contributed by atoms with E-state index in [1.165, 1.54) is 25.3 Å². The van der Waals surface area contributed by atoms with Crippen molar-refractivity contribution < 1.29 is 14.5 Å². The number of benzene rings is 1. The summed E-state index contributed by atoms with van der Waals surface area (Å²) in [5, 5.41) is 14.7. The maximum atomic E-state index is 12.9. The zero-order valence-corrected chi connectivity index (χ0v) is 17.6. The van der Waals surface area contributed by atoms with Crippen molar-refractivity contribution in [1.29, 1.82) is 0 Å². The molecule has 8 nitrogen and oxygen atoms in total. The van der Waals surface area contributed by atoms with Crippen LogP contribution >= 0.6 is 0 Å². The Morgan fingerprint density at radius 2 is 1.77 bits per heavy atom. The highest BCUT2D eigenvalue weighted by molar-refractivity contribution is 5.95. The summed E-state index contributed by atoms with van der Waals surface area (Å²) in [4.78, 5) is 28.7. The first-order valence-electron chi connectivity index (χ1n) is 11.2. The smallest absolute Gasteiger partial charge is 0.293 e. The van der Waals surface area contributed by atoms with E-state index in [4.69, 9.17) is 4.74 Å². The van der Waals surface area contributed by atoms with Crippen molar-refractivity contribution in [2.75, 3.05) is 50.8 Å². The largest absolute Gasteiger partial charge is 0.379 e. The van der Waals surface area contributed by atoms with Crippen LogP contribution in [0.15, 0.2) is 18.2 Å². The third-order valence-electron chi connectivity index (χ3n) is 6.93. The zero-order valence-electron chi connectivity index (χ0n) is 17.6. The number of rotatable bonds is 6. The average Bonchev–Trinajstić information content (AvgIpc) is 3.33. The van der Waals surface area contributed by atoms with Gasteiger partial charge in [-0.05, 0) is 37.8 Å². The monoisotopic (exact) mass is 416 g/mol. The summed E-state index contributed by atoms with van der Waals surface area (Å²) in [6.07, 6.45) is 7.81. The quantitative estimate of drug-likeness (QED) is 0.567. The van der Waals surface area contributed by atoms with Gasteiger partial charge in [0.1, 0.15) is 5.69 Å². The highest BCUT2D eigenvalue weighted by Gasteiger charge is 2.39. The Hall–Kier alpha value is -2.19. The van der Waals surface area contributed by atoms with Crippen LogP contribution in [0.3, 0.4) is 0 Å². The van der Waals surface area contributed by atoms with E-state index in [9.17, 15) is 14.9 Å². The number of carbonyl (C=O) groups excluding carboxylic acids is 1. The second kappa shape index (κ2) is 9.31. The van der Waals surface area contributed by atoms with Gasteiger partial charge in [0.05, 0.1) is 18.1 Å². The Balaban J connectivity index is 1.48. The molecule has 0 spiro atoms. The Morgan fingerprint density at radius 3 is 2.43 bits per heavy atom. The lowest BCUT2D eigenvalue weighted by molar-refractivity contribution is -0.384. The lowest BCUT2D eigenvalue weighted by atomic mass is 9.79. The van der Waals surface area contributed by atoms with E-state index < -0.39 is 0 Å². The van der Waals surface area contributed by atoms with Crippen molar-refractivity contribution in [3.8, 4) is 0 Å². The molecule has 1 amide bonds. The molecule has 0 bridgehead atoms. The number of amides is 1. The van der Waals surface area contributed by atoms with E-state index in [0.717, 1.165) is 65.1 Å². The van der Waals surface area contributed by atoms with Crippen molar-refractivity contribution in [2.24, 2.45) is 0 Å². The van der Waals surface area contributed by atoms with E-state index in [1.54, 1.807) is 12.1 Å². The summed E-state index contributed by atoms with van der Waals surface area (Å²) in [6, 6.07) is 4.89. The molecule has 1 aromatic carbocycles. The molecule has 2 aliphatic heterocycles. The van der Waals surface area contributed by atoms with E-state index in [-0.39, 0.29) is 22.1 Å². The summed E-state index contributed by atoms with van der Waals surface area (Å²) in [6.45, 7) is 5.49. The molecule has 2 heterocycles. The number of nitrogens with zero attached hydrogens (tertiary/aromatic N) is 3. The lowest BCUT2D eigenvalue weighted by Gasteiger charge is -2.48. The first-order chi connectivity index (χ1) is 14.6.